The van der Waals surface area contributed by atoms with Crippen molar-refractivity contribution in [3.05, 3.63) is 24.3 Å². The second-order valence-corrected chi connectivity index (χ2v) is 7.90. The molecule has 2 aliphatic rings. The van der Waals surface area contributed by atoms with Crippen molar-refractivity contribution in [1.29, 1.82) is 0 Å². The Morgan fingerprint density at radius 2 is 1.73 bits per heavy atom. The van der Waals surface area contributed by atoms with E-state index in [1.165, 1.54) is 5.69 Å². The van der Waals surface area contributed by atoms with Crippen LogP contribution in [0, 0.1) is 5.92 Å². The molecule has 0 aliphatic carbocycles. The van der Waals surface area contributed by atoms with Gasteiger partial charge >= 0.3 is 0 Å². The lowest BCUT2D eigenvalue weighted by atomic mass is 10.0. The van der Waals surface area contributed by atoms with Crippen LogP contribution in [-0.4, -0.2) is 68.1 Å². The van der Waals surface area contributed by atoms with Gasteiger partial charge in [-0.1, -0.05) is 26.0 Å². The average molecular weight is 360 g/mol. The van der Waals surface area contributed by atoms with Gasteiger partial charge in [-0.05, 0) is 30.9 Å². The highest BCUT2D eigenvalue weighted by molar-refractivity contribution is 5.76. The lowest BCUT2D eigenvalue weighted by Crippen LogP contribution is -2.53. The van der Waals surface area contributed by atoms with E-state index in [1.807, 2.05) is 12.1 Å². The molecule has 5 nitrogen and oxygen atoms in total. The first-order chi connectivity index (χ1) is 12.6. The summed E-state index contributed by atoms with van der Waals surface area (Å²) in [6.45, 7) is 10.3. The van der Waals surface area contributed by atoms with Gasteiger partial charge in [0.25, 0.3) is 0 Å². The largest absolute Gasteiger partial charge is 0.495 e. The van der Waals surface area contributed by atoms with E-state index in [-0.39, 0.29) is 0 Å². The molecule has 1 amide bonds. The number of methoxy groups -OCH3 is 1. The van der Waals surface area contributed by atoms with E-state index in [4.69, 9.17) is 4.74 Å². The third-order valence-corrected chi connectivity index (χ3v) is 5.66. The number of piperazine rings is 1. The van der Waals surface area contributed by atoms with Crippen molar-refractivity contribution in [1.82, 2.24) is 9.80 Å². The van der Waals surface area contributed by atoms with Crippen LogP contribution in [0.1, 0.15) is 33.1 Å². The van der Waals surface area contributed by atoms with Crippen molar-refractivity contribution >= 4 is 11.6 Å². The number of piperidine rings is 1. The van der Waals surface area contributed by atoms with E-state index in [2.05, 4.69) is 40.7 Å². The van der Waals surface area contributed by atoms with Gasteiger partial charge in [-0.15, -0.1) is 0 Å². The molecule has 144 valence electrons. The third-order valence-electron chi connectivity index (χ3n) is 5.66. The highest BCUT2D eigenvalue weighted by Gasteiger charge is 2.29. The van der Waals surface area contributed by atoms with Crippen molar-refractivity contribution in [2.24, 2.45) is 5.92 Å². The number of benzene rings is 1. The van der Waals surface area contributed by atoms with Crippen LogP contribution < -0.4 is 9.64 Å². The number of carbonyl (C=O) groups excluding carboxylic acids is 1. The molecule has 2 heterocycles. The first-order valence-electron chi connectivity index (χ1n) is 9.98. The van der Waals surface area contributed by atoms with Gasteiger partial charge in [0.2, 0.25) is 5.91 Å². The zero-order chi connectivity index (χ0) is 18.5. The van der Waals surface area contributed by atoms with Crippen molar-refractivity contribution < 1.29 is 9.53 Å². The second-order valence-electron chi connectivity index (χ2n) is 7.90. The van der Waals surface area contributed by atoms with Crippen LogP contribution in [0.2, 0.25) is 0 Å². The molecule has 2 aliphatic heterocycles. The van der Waals surface area contributed by atoms with Gasteiger partial charge < -0.3 is 14.5 Å². The molecule has 0 saturated carbocycles. The molecular weight excluding hydrogens is 326 g/mol. The molecule has 1 aromatic rings. The van der Waals surface area contributed by atoms with E-state index in [0.717, 1.165) is 57.9 Å². The molecule has 2 saturated heterocycles. The molecule has 0 spiro atoms. The second kappa shape index (κ2) is 8.76. The van der Waals surface area contributed by atoms with Crippen LogP contribution >= 0.6 is 0 Å². The Labute approximate surface area is 157 Å². The highest BCUT2D eigenvalue weighted by atomic mass is 16.5. The van der Waals surface area contributed by atoms with Crippen molar-refractivity contribution in [2.75, 3.05) is 51.3 Å². The fraction of sp³-hybridized carbons (Fsp3) is 0.667. The van der Waals surface area contributed by atoms with E-state index in [1.54, 1.807) is 7.11 Å². The monoisotopic (exact) mass is 359 g/mol. The maximum Gasteiger partial charge on any atom is 0.222 e. The van der Waals surface area contributed by atoms with Gasteiger partial charge in [-0.3, -0.25) is 9.69 Å². The smallest absolute Gasteiger partial charge is 0.222 e. The maximum atomic E-state index is 12.2. The zero-order valence-electron chi connectivity index (χ0n) is 16.5. The van der Waals surface area contributed by atoms with Gasteiger partial charge in [0.1, 0.15) is 5.75 Å². The number of ether oxygens (including phenoxy) is 1. The summed E-state index contributed by atoms with van der Waals surface area (Å²) in [4.78, 5) is 19.4. The standard InChI is InChI=1S/C21H33N3O2/c1-17(2)16-21(25)24-10-8-18(9-11-24)22-12-14-23(15-13-22)19-6-4-5-7-20(19)26-3/h4-7,17-18H,8-16H2,1-3H3. The molecule has 3 rings (SSSR count). The van der Waals surface area contributed by atoms with E-state index in [9.17, 15) is 4.79 Å². The molecule has 2 fully saturated rings. The normalized spacial score (nSPS) is 19.8. The number of rotatable bonds is 5. The quantitative estimate of drug-likeness (QED) is 0.810. The number of hydrogen-bond donors (Lipinski definition) is 0. The maximum absolute atomic E-state index is 12.2. The molecule has 0 N–H and O–H groups in total. The Bertz CT molecular complexity index is 589. The van der Waals surface area contributed by atoms with Crippen molar-refractivity contribution in [3.63, 3.8) is 0 Å². The lowest BCUT2D eigenvalue weighted by molar-refractivity contribution is -0.133. The van der Waals surface area contributed by atoms with Crippen LogP contribution in [0.15, 0.2) is 24.3 Å². The summed E-state index contributed by atoms with van der Waals surface area (Å²) in [6, 6.07) is 8.90. The Morgan fingerprint density at radius 3 is 2.35 bits per heavy atom. The predicted molar refractivity (Wildman–Crippen MR) is 106 cm³/mol. The van der Waals surface area contributed by atoms with Crippen LogP contribution in [0.5, 0.6) is 5.75 Å². The highest BCUT2D eigenvalue weighted by Crippen LogP contribution is 2.29. The summed E-state index contributed by atoms with van der Waals surface area (Å²) in [6.07, 6.45) is 2.90. The first kappa shape index (κ1) is 19.0. The predicted octanol–water partition coefficient (Wildman–Crippen LogP) is 2.85. The Hall–Kier alpha value is -1.75. The van der Waals surface area contributed by atoms with Gasteiger partial charge in [0, 0.05) is 51.7 Å². The molecule has 0 atom stereocenters. The molecular formula is C21H33N3O2. The molecule has 0 unspecified atom stereocenters. The van der Waals surface area contributed by atoms with E-state index >= 15 is 0 Å². The van der Waals surface area contributed by atoms with Gasteiger partial charge in [0.15, 0.2) is 0 Å². The first-order valence-corrected chi connectivity index (χ1v) is 9.98. The van der Waals surface area contributed by atoms with Gasteiger partial charge in [0.05, 0.1) is 12.8 Å². The van der Waals surface area contributed by atoms with Crippen molar-refractivity contribution in [2.45, 2.75) is 39.2 Å². The number of hydrogen-bond acceptors (Lipinski definition) is 4. The van der Waals surface area contributed by atoms with Crippen LogP contribution in [-0.2, 0) is 4.79 Å². The topological polar surface area (TPSA) is 36.0 Å². The Morgan fingerprint density at radius 1 is 1.08 bits per heavy atom. The molecule has 1 aromatic carbocycles. The Balaban J connectivity index is 1.48. The fourth-order valence-electron chi connectivity index (χ4n) is 4.18. The lowest BCUT2D eigenvalue weighted by Gasteiger charge is -2.43. The van der Waals surface area contributed by atoms with E-state index in [0.29, 0.717) is 24.3 Å². The Kier molecular flexibility index (Phi) is 6.41. The molecule has 5 heteroatoms. The summed E-state index contributed by atoms with van der Waals surface area (Å²) >= 11 is 0. The number of nitrogens with zero attached hydrogens (tertiary/aromatic N) is 3. The minimum absolute atomic E-state index is 0.333. The van der Waals surface area contributed by atoms with Crippen LogP contribution in [0.25, 0.3) is 0 Å². The minimum Gasteiger partial charge on any atom is -0.495 e. The van der Waals surface area contributed by atoms with Gasteiger partial charge in [-0.25, -0.2) is 0 Å². The van der Waals surface area contributed by atoms with Crippen LogP contribution in [0.4, 0.5) is 5.69 Å². The van der Waals surface area contributed by atoms with Crippen LogP contribution in [0.3, 0.4) is 0 Å². The summed E-state index contributed by atoms with van der Waals surface area (Å²) < 4.78 is 5.51. The summed E-state index contributed by atoms with van der Waals surface area (Å²) in [7, 11) is 1.74. The fourth-order valence-corrected chi connectivity index (χ4v) is 4.18. The number of anilines is 1. The summed E-state index contributed by atoms with van der Waals surface area (Å²) in [5.74, 6) is 1.74. The van der Waals surface area contributed by atoms with Gasteiger partial charge in [-0.2, -0.15) is 0 Å². The number of likely N-dealkylation sites (tertiary alicyclic amines) is 1. The minimum atomic E-state index is 0.333. The summed E-state index contributed by atoms with van der Waals surface area (Å²) in [5, 5.41) is 0. The summed E-state index contributed by atoms with van der Waals surface area (Å²) in [5.41, 5.74) is 1.20. The van der Waals surface area contributed by atoms with Crippen molar-refractivity contribution in [3.8, 4) is 5.75 Å². The zero-order valence-corrected chi connectivity index (χ0v) is 16.5. The molecule has 0 bridgehead atoms. The number of amides is 1. The number of para-hydroxylation sites is 2. The number of carbonyl (C=O) groups is 1. The SMILES string of the molecule is COc1ccccc1N1CCN(C2CCN(C(=O)CC(C)C)CC2)CC1. The molecule has 26 heavy (non-hydrogen) atoms. The molecule has 0 aromatic heterocycles. The third kappa shape index (κ3) is 4.50. The molecule has 0 radical (unpaired) electrons. The average Bonchev–Trinajstić information content (AvgIpc) is 2.67. The van der Waals surface area contributed by atoms with E-state index < -0.39 is 0 Å².